The van der Waals surface area contributed by atoms with Crippen molar-refractivity contribution in [1.82, 2.24) is 0 Å². The van der Waals surface area contributed by atoms with Gasteiger partial charge in [0.25, 0.3) is 0 Å². The van der Waals surface area contributed by atoms with Crippen LogP contribution in [0.15, 0.2) is 188 Å². The molecular weight excluding hydrogens is 637 g/mol. The molecule has 0 radical (unpaired) electrons. The number of hydrogen-bond acceptors (Lipinski definition) is 0. The van der Waals surface area contributed by atoms with Crippen LogP contribution in [0, 0.1) is 6.92 Å². The van der Waals surface area contributed by atoms with Gasteiger partial charge in [-0.05, 0) is 127 Å². The molecule has 0 aliphatic carbocycles. The van der Waals surface area contributed by atoms with Crippen molar-refractivity contribution in [2.24, 2.45) is 0 Å². The van der Waals surface area contributed by atoms with E-state index >= 15 is 0 Å². The highest BCUT2D eigenvalue weighted by Crippen LogP contribution is 2.47. The number of benzene rings is 11. The standard InChI is InChI=1S/C53H34/c1-33-31-36(51-47-25-13-11-23-45(47)50(34-15-3-2-4-16-34)46-24-12-14-26-48(46)51)28-29-37(33)35-27-30-41-40-19-7-9-21-43(40)52-42-20-8-5-17-38(42)39-18-6-10-22-44(39)53(52)49(41)32-35/h2-32H,1H3. The highest BCUT2D eigenvalue weighted by atomic mass is 14.2. The number of rotatable bonds is 3. The first-order valence-electron chi connectivity index (χ1n) is 18.5. The van der Waals surface area contributed by atoms with E-state index in [2.05, 4.69) is 195 Å². The molecule has 0 N–H and O–H groups in total. The Hall–Kier alpha value is -6.76. The number of fused-ring (bicyclic) bond motifs is 13. The quantitative estimate of drug-likeness (QED) is 0.130. The fraction of sp³-hybridized carbons (Fsp3) is 0.0189. The Morgan fingerprint density at radius 2 is 0.623 bits per heavy atom. The number of aryl methyl sites for hydroxylation is 1. The Balaban J connectivity index is 1.16. The first-order chi connectivity index (χ1) is 26.2. The van der Waals surface area contributed by atoms with Gasteiger partial charge in [0.05, 0.1) is 0 Å². The summed E-state index contributed by atoms with van der Waals surface area (Å²) >= 11 is 0. The minimum Gasteiger partial charge on any atom is -0.0622 e. The first kappa shape index (κ1) is 29.9. The van der Waals surface area contributed by atoms with Crippen LogP contribution in [0.5, 0.6) is 0 Å². The second kappa shape index (κ2) is 11.6. The van der Waals surface area contributed by atoms with E-state index in [1.54, 1.807) is 0 Å². The van der Waals surface area contributed by atoms with Crippen LogP contribution >= 0.6 is 0 Å². The van der Waals surface area contributed by atoms with Gasteiger partial charge in [-0.25, -0.2) is 0 Å². The third-order valence-corrected chi connectivity index (χ3v) is 11.5. The Labute approximate surface area is 308 Å². The van der Waals surface area contributed by atoms with Gasteiger partial charge < -0.3 is 0 Å². The SMILES string of the molecule is Cc1cc(-c2c3ccccc3c(-c3ccccc3)c3ccccc23)ccc1-c1ccc2c3ccccc3c3c4ccccc4c4ccccc4c3c2c1. The second-order valence-corrected chi connectivity index (χ2v) is 14.4. The summed E-state index contributed by atoms with van der Waals surface area (Å²) in [6.07, 6.45) is 0. The largest absolute Gasteiger partial charge is 0.0622 e. The minimum atomic E-state index is 1.24. The smallest absolute Gasteiger partial charge is 0.00137 e. The van der Waals surface area contributed by atoms with Gasteiger partial charge >= 0.3 is 0 Å². The molecule has 0 aliphatic heterocycles. The average molecular weight is 671 g/mol. The summed E-state index contributed by atoms with van der Waals surface area (Å²) < 4.78 is 0. The van der Waals surface area contributed by atoms with Gasteiger partial charge in [-0.2, -0.15) is 0 Å². The van der Waals surface area contributed by atoms with Crippen LogP contribution in [0.25, 0.3) is 109 Å². The molecule has 0 saturated carbocycles. The number of hydrogen-bond donors (Lipinski definition) is 0. The van der Waals surface area contributed by atoms with Crippen molar-refractivity contribution in [3.05, 3.63) is 194 Å². The molecule has 0 atom stereocenters. The predicted molar refractivity (Wildman–Crippen MR) is 230 cm³/mol. The molecule has 246 valence electrons. The van der Waals surface area contributed by atoms with Crippen molar-refractivity contribution in [1.29, 1.82) is 0 Å². The Bertz CT molecular complexity index is 3200. The highest BCUT2D eigenvalue weighted by molar-refractivity contribution is 6.39. The highest BCUT2D eigenvalue weighted by Gasteiger charge is 2.19. The molecule has 0 aromatic heterocycles. The topological polar surface area (TPSA) is 0 Å². The molecule has 0 heterocycles. The average Bonchev–Trinajstić information content (AvgIpc) is 3.22. The van der Waals surface area contributed by atoms with E-state index in [-0.39, 0.29) is 0 Å². The molecule has 0 spiro atoms. The zero-order valence-corrected chi connectivity index (χ0v) is 29.4. The molecule has 11 aromatic rings. The van der Waals surface area contributed by atoms with Crippen molar-refractivity contribution in [2.45, 2.75) is 6.92 Å². The summed E-state index contributed by atoms with van der Waals surface area (Å²) in [5, 5.41) is 18.2. The van der Waals surface area contributed by atoms with Crippen LogP contribution in [-0.4, -0.2) is 0 Å². The van der Waals surface area contributed by atoms with Gasteiger partial charge in [-0.3, -0.25) is 0 Å². The first-order valence-corrected chi connectivity index (χ1v) is 18.5. The van der Waals surface area contributed by atoms with Gasteiger partial charge in [0.2, 0.25) is 0 Å². The third-order valence-electron chi connectivity index (χ3n) is 11.5. The van der Waals surface area contributed by atoms with Gasteiger partial charge in [-0.1, -0.05) is 182 Å². The molecule has 11 aromatic carbocycles. The second-order valence-electron chi connectivity index (χ2n) is 14.4. The lowest BCUT2D eigenvalue weighted by atomic mass is 9.84. The normalized spacial score (nSPS) is 11.9. The van der Waals surface area contributed by atoms with E-state index in [9.17, 15) is 0 Å². The maximum absolute atomic E-state index is 2.45. The molecule has 0 saturated heterocycles. The van der Waals surface area contributed by atoms with Crippen molar-refractivity contribution < 1.29 is 0 Å². The zero-order valence-electron chi connectivity index (χ0n) is 29.4. The Morgan fingerprint density at radius 3 is 1.11 bits per heavy atom. The minimum absolute atomic E-state index is 1.24. The third kappa shape index (κ3) is 4.43. The van der Waals surface area contributed by atoms with Gasteiger partial charge in [0.1, 0.15) is 0 Å². The van der Waals surface area contributed by atoms with Gasteiger partial charge in [0.15, 0.2) is 0 Å². The molecule has 53 heavy (non-hydrogen) atoms. The Morgan fingerprint density at radius 1 is 0.245 bits per heavy atom. The molecule has 0 fully saturated rings. The summed E-state index contributed by atoms with van der Waals surface area (Å²) in [4.78, 5) is 0. The summed E-state index contributed by atoms with van der Waals surface area (Å²) in [5.74, 6) is 0. The molecule has 0 unspecified atom stereocenters. The lowest BCUT2D eigenvalue weighted by Gasteiger charge is -2.19. The van der Waals surface area contributed by atoms with Crippen LogP contribution < -0.4 is 0 Å². The zero-order chi connectivity index (χ0) is 35.0. The molecule has 0 amide bonds. The van der Waals surface area contributed by atoms with Gasteiger partial charge in [-0.15, -0.1) is 0 Å². The molecule has 0 bridgehead atoms. The fourth-order valence-electron chi connectivity index (χ4n) is 9.29. The predicted octanol–water partition coefficient (Wildman–Crippen LogP) is 15.1. The fourth-order valence-corrected chi connectivity index (χ4v) is 9.29. The van der Waals surface area contributed by atoms with E-state index in [0.717, 1.165) is 0 Å². The van der Waals surface area contributed by atoms with E-state index in [1.807, 2.05) is 0 Å². The molecule has 0 aliphatic rings. The van der Waals surface area contributed by atoms with E-state index in [0.29, 0.717) is 0 Å². The van der Waals surface area contributed by atoms with Crippen LogP contribution in [0.1, 0.15) is 5.56 Å². The van der Waals surface area contributed by atoms with Gasteiger partial charge in [0, 0.05) is 0 Å². The summed E-state index contributed by atoms with van der Waals surface area (Å²) in [6.45, 7) is 2.27. The molecule has 11 rings (SSSR count). The molecule has 0 nitrogen and oxygen atoms in total. The van der Waals surface area contributed by atoms with Crippen LogP contribution in [0.2, 0.25) is 0 Å². The van der Waals surface area contributed by atoms with Crippen LogP contribution in [0.3, 0.4) is 0 Å². The summed E-state index contributed by atoms with van der Waals surface area (Å²) in [7, 11) is 0. The van der Waals surface area contributed by atoms with Crippen LogP contribution in [-0.2, 0) is 0 Å². The van der Waals surface area contributed by atoms with E-state index < -0.39 is 0 Å². The monoisotopic (exact) mass is 670 g/mol. The molecular formula is C53H34. The van der Waals surface area contributed by atoms with Crippen molar-refractivity contribution >= 4 is 75.4 Å². The maximum Gasteiger partial charge on any atom is -0.00137 e. The Kier molecular flexibility index (Phi) is 6.57. The van der Waals surface area contributed by atoms with Crippen molar-refractivity contribution in [2.75, 3.05) is 0 Å². The lowest BCUT2D eigenvalue weighted by Crippen LogP contribution is -1.92. The van der Waals surface area contributed by atoms with Crippen molar-refractivity contribution in [3.8, 4) is 33.4 Å². The van der Waals surface area contributed by atoms with E-state index in [4.69, 9.17) is 0 Å². The lowest BCUT2D eigenvalue weighted by molar-refractivity contribution is 1.46. The van der Waals surface area contributed by atoms with Crippen molar-refractivity contribution in [3.63, 3.8) is 0 Å². The summed E-state index contributed by atoms with van der Waals surface area (Å²) in [5.41, 5.74) is 8.84. The maximum atomic E-state index is 2.45. The van der Waals surface area contributed by atoms with Crippen LogP contribution in [0.4, 0.5) is 0 Å². The molecule has 0 heteroatoms. The van der Waals surface area contributed by atoms with E-state index in [1.165, 1.54) is 114 Å². The summed E-state index contributed by atoms with van der Waals surface area (Å²) in [6, 6.07) is 69.7.